The highest BCUT2D eigenvalue weighted by Crippen LogP contribution is 2.34. The SMILES string of the molecule is CNC(c1ccc2c(c1)CC(=O)N2)C(C)(C)CN. The molecule has 0 radical (unpaired) electrons. The number of amides is 1. The first-order valence-electron chi connectivity index (χ1n) is 6.28. The molecule has 18 heavy (non-hydrogen) atoms. The third kappa shape index (κ3) is 2.26. The number of carbonyl (C=O) groups is 1. The van der Waals surface area contributed by atoms with Gasteiger partial charge in [-0.1, -0.05) is 26.0 Å². The number of rotatable bonds is 4. The van der Waals surface area contributed by atoms with E-state index in [1.807, 2.05) is 13.1 Å². The molecule has 4 N–H and O–H groups in total. The van der Waals surface area contributed by atoms with Gasteiger partial charge in [-0.15, -0.1) is 0 Å². The van der Waals surface area contributed by atoms with Crippen molar-refractivity contribution in [3.05, 3.63) is 29.3 Å². The maximum Gasteiger partial charge on any atom is 0.228 e. The zero-order valence-corrected chi connectivity index (χ0v) is 11.2. The average molecular weight is 247 g/mol. The molecule has 1 atom stereocenters. The van der Waals surface area contributed by atoms with Crippen LogP contribution in [-0.2, 0) is 11.2 Å². The molecule has 1 aromatic rings. The van der Waals surface area contributed by atoms with Gasteiger partial charge in [-0.05, 0) is 36.2 Å². The molecule has 1 aromatic carbocycles. The van der Waals surface area contributed by atoms with Crippen LogP contribution in [0.4, 0.5) is 5.69 Å². The highest BCUT2D eigenvalue weighted by molar-refractivity contribution is 5.99. The van der Waals surface area contributed by atoms with E-state index >= 15 is 0 Å². The monoisotopic (exact) mass is 247 g/mol. The van der Waals surface area contributed by atoms with Crippen LogP contribution in [0.25, 0.3) is 0 Å². The van der Waals surface area contributed by atoms with Crippen molar-refractivity contribution in [3.63, 3.8) is 0 Å². The van der Waals surface area contributed by atoms with Gasteiger partial charge in [0.25, 0.3) is 0 Å². The largest absolute Gasteiger partial charge is 0.330 e. The van der Waals surface area contributed by atoms with E-state index in [0.717, 1.165) is 11.3 Å². The van der Waals surface area contributed by atoms with Crippen molar-refractivity contribution < 1.29 is 4.79 Å². The summed E-state index contributed by atoms with van der Waals surface area (Å²) in [6.45, 7) is 4.89. The summed E-state index contributed by atoms with van der Waals surface area (Å²) in [7, 11) is 1.94. The number of fused-ring (bicyclic) bond motifs is 1. The molecular weight excluding hydrogens is 226 g/mol. The minimum Gasteiger partial charge on any atom is -0.330 e. The van der Waals surface area contributed by atoms with E-state index in [0.29, 0.717) is 13.0 Å². The Labute approximate surface area is 108 Å². The number of hydrogen-bond donors (Lipinski definition) is 3. The number of nitrogens with two attached hydrogens (primary N) is 1. The fraction of sp³-hybridized carbons (Fsp3) is 0.500. The van der Waals surface area contributed by atoms with Crippen molar-refractivity contribution in [1.82, 2.24) is 5.32 Å². The van der Waals surface area contributed by atoms with Crippen LogP contribution in [-0.4, -0.2) is 19.5 Å². The number of nitrogens with one attached hydrogen (secondary N) is 2. The van der Waals surface area contributed by atoms with E-state index in [9.17, 15) is 4.79 Å². The summed E-state index contributed by atoms with van der Waals surface area (Å²) in [5.74, 6) is 0.0706. The first-order chi connectivity index (χ1) is 8.47. The molecule has 0 fully saturated rings. The van der Waals surface area contributed by atoms with Crippen LogP contribution in [0.1, 0.15) is 31.0 Å². The van der Waals surface area contributed by atoms with E-state index in [-0.39, 0.29) is 17.4 Å². The third-order valence-electron chi connectivity index (χ3n) is 3.68. The smallest absolute Gasteiger partial charge is 0.228 e. The average Bonchev–Trinajstić information content (AvgIpc) is 2.69. The van der Waals surface area contributed by atoms with Gasteiger partial charge in [-0.25, -0.2) is 0 Å². The number of carbonyl (C=O) groups excluding carboxylic acids is 1. The minimum absolute atomic E-state index is 0.0287. The molecule has 1 unspecified atom stereocenters. The first-order valence-corrected chi connectivity index (χ1v) is 6.28. The molecule has 1 heterocycles. The Morgan fingerprint density at radius 3 is 2.83 bits per heavy atom. The second-order valence-electron chi connectivity index (χ2n) is 5.56. The Hall–Kier alpha value is -1.39. The third-order valence-corrected chi connectivity index (χ3v) is 3.68. The quantitative estimate of drug-likeness (QED) is 0.754. The normalized spacial score (nSPS) is 16.3. The molecule has 1 aliphatic heterocycles. The van der Waals surface area contributed by atoms with Crippen molar-refractivity contribution in [2.24, 2.45) is 11.1 Å². The van der Waals surface area contributed by atoms with E-state index < -0.39 is 0 Å². The van der Waals surface area contributed by atoms with E-state index in [4.69, 9.17) is 5.73 Å². The van der Waals surface area contributed by atoms with E-state index in [1.54, 1.807) is 0 Å². The van der Waals surface area contributed by atoms with Crippen molar-refractivity contribution in [1.29, 1.82) is 0 Å². The van der Waals surface area contributed by atoms with Gasteiger partial charge in [0.1, 0.15) is 0 Å². The predicted molar refractivity (Wildman–Crippen MR) is 73.4 cm³/mol. The highest BCUT2D eigenvalue weighted by Gasteiger charge is 2.29. The zero-order chi connectivity index (χ0) is 13.3. The fourth-order valence-electron chi connectivity index (χ4n) is 2.56. The van der Waals surface area contributed by atoms with Crippen LogP contribution >= 0.6 is 0 Å². The van der Waals surface area contributed by atoms with Crippen molar-refractivity contribution in [2.45, 2.75) is 26.3 Å². The molecule has 4 heteroatoms. The van der Waals surface area contributed by atoms with Crippen LogP contribution < -0.4 is 16.4 Å². The maximum atomic E-state index is 11.4. The lowest BCUT2D eigenvalue weighted by Crippen LogP contribution is -2.37. The summed E-state index contributed by atoms with van der Waals surface area (Å²) in [5, 5.41) is 6.18. The number of anilines is 1. The lowest BCUT2D eigenvalue weighted by atomic mass is 9.80. The molecule has 0 saturated carbocycles. The van der Waals surface area contributed by atoms with Crippen LogP contribution in [0.2, 0.25) is 0 Å². The Kier molecular flexibility index (Phi) is 3.41. The molecule has 4 nitrogen and oxygen atoms in total. The highest BCUT2D eigenvalue weighted by atomic mass is 16.1. The molecule has 0 spiro atoms. The van der Waals surface area contributed by atoms with Crippen LogP contribution in [0, 0.1) is 5.41 Å². The van der Waals surface area contributed by atoms with Gasteiger partial charge in [0.15, 0.2) is 0 Å². The summed E-state index contributed by atoms with van der Waals surface area (Å²) in [6.07, 6.45) is 0.475. The van der Waals surface area contributed by atoms with E-state index in [2.05, 4.69) is 36.6 Å². The Morgan fingerprint density at radius 2 is 2.22 bits per heavy atom. The van der Waals surface area contributed by atoms with Crippen LogP contribution in [0.5, 0.6) is 0 Å². The van der Waals surface area contributed by atoms with Gasteiger partial charge >= 0.3 is 0 Å². The van der Waals surface area contributed by atoms with Crippen molar-refractivity contribution in [3.8, 4) is 0 Å². The fourth-order valence-corrected chi connectivity index (χ4v) is 2.56. The molecule has 0 aromatic heterocycles. The molecule has 0 aliphatic carbocycles. The van der Waals surface area contributed by atoms with Crippen LogP contribution in [0.15, 0.2) is 18.2 Å². The second-order valence-corrected chi connectivity index (χ2v) is 5.56. The maximum absolute atomic E-state index is 11.4. The molecule has 2 rings (SSSR count). The lowest BCUT2D eigenvalue weighted by molar-refractivity contribution is -0.115. The summed E-state index contributed by atoms with van der Waals surface area (Å²) < 4.78 is 0. The molecule has 1 aliphatic rings. The minimum atomic E-state index is -0.0287. The lowest BCUT2D eigenvalue weighted by Gasteiger charge is -2.33. The number of hydrogen-bond acceptors (Lipinski definition) is 3. The molecule has 0 saturated heterocycles. The van der Waals surface area contributed by atoms with E-state index in [1.165, 1.54) is 5.56 Å². The van der Waals surface area contributed by atoms with Gasteiger partial charge in [0, 0.05) is 11.7 Å². The molecule has 1 amide bonds. The Bertz CT molecular complexity index is 468. The zero-order valence-electron chi connectivity index (χ0n) is 11.2. The predicted octanol–water partition coefficient (Wildman–Crippen LogP) is 1.43. The number of benzene rings is 1. The Morgan fingerprint density at radius 1 is 1.50 bits per heavy atom. The van der Waals surface area contributed by atoms with Gasteiger partial charge < -0.3 is 16.4 Å². The molecule has 0 bridgehead atoms. The van der Waals surface area contributed by atoms with Gasteiger partial charge in [-0.2, -0.15) is 0 Å². The summed E-state index contributed by atoms with van der Waals surface area (Å²) in [5.41, 5.74) is 9.01. The second kappa shape index (κ2) is 4.71. The summed E-state index contributed by atoms with van der Waals surface area (Å²) in [6, 6.07) is 6.32. The Balaban J connectivity index is 2.34. The summed E-state index contributed by atoms with van der Waals surface area (Å²) >= 11 is 0. The van der Waals surface area contributed by atoms with Crippen molar-refractivity contribution >= 4 is 11.6 Å². The summed E-state index contributed by atoms with van der Waals surface area (Å²) in [4.78, 5) is 11.4. The van der Waals surface area contributed by atoms with Gasteiger partial charge in [0.2, 0.25) is 5.91 Å². The standard InChI is InChI=1S/C14H21N3O/c1-14(2,8-15)13(16-3)9-4-5-11-10(6-9)7-12(18)17-11/h4-6,13,16H,7-8,15H2,1-3H3,(H,17,18). The first kappa shape index (κ1) is 13.1. The molecule has 98 valence electrons. The van der Waals surface area contributed by atoms with Crippen molar-refractivity contribution in [2.75, 3.05) is 18.9 Å². The van der Waals surface area contributed by atoms with Gasteiger partial charge in [-0.3, -0.25) is 4.79 Å². The van der Waals surface area contributed by atoms with Crippen LogP contribution in [0.3, 0.4) is 0 Å². The topological polar surface area (TPSA) is 67.2 Å². The van der Waals surface area contributed by atoms with Gasteiger partial charge in [0.05, 0.1) is 6.42 Å². The molecular formula is C14H21N3O.